The summed E-state index contributed by atoms with van der Waals surface area (Å²) in [6, 6.07) is 0. The number of rotatable bonds is 4. The fourth-order valence-corrected chi connectivity index (χ4v) is 2.08. The van der Waals surface area contributed by atoms with Crippen molar-refractivity contribution in [3.05, 3.63) is 10.4 Å². The molecule has 1 aliphatic rings. The topological polar surface area (TPSA) is 98.1 Å². The van der Waals surface area contributed by atoms with E-state index in [0.29, 0.717) is 5.92 Å². The Bertz CT molecular complexity index is 283. The molecule has 1 rings (SSSR count). The Morgan fingerprint density at radius 1 is 1.56 bits per heavy atom. The number of hydrogen-bond donors (Lipinski definition) is 2. The maximum atomic E-state index is 11.3. The summed E-state index contributed by atoms with van der Waals surface area (Å²) in [5, 5.41) is 15.2. The summed E-state index contributed by atoms with van der Waals surface area (Å²) in [6.45, 7) is 2.47. The summed E-state index contributed by atoms with van der Waals surface area (Å²) < 4.78 is 0. The van der Waals surface area contributed by atoms with Gasteiger partial charge in [-0.05, 0) is 55.6 Å². The molecule has 0 heterocycles. The van der Waals surface area contributed by atoms with E-state index >= 15 is 0 Å². The second-order valence-electron chi connectivity index (χ2n) is 4.33. The zero-order chi connectivity index (χ0) is 12.0. The van der Waals surface area contributed by atoms with Gasteiger partial charge < -0.3 is 10.3 Å². The second kappa shape index (κ2) is 6.53. The van der Waals surface area contributed by atoms with Crippen molar-refractivity contribution in [3.8, 4) is 0 Å². The van der Waals surface area contributed by atoms with Gasteiger partial charge in [-0.3, -0.25) is 4.79 Å². The molecule has 0 aromatic heterocycles. The van der Waals surface area contributed by atoms with E-state index < -0.39 is 7.05 Å². The van der Waals surface area contributed by atoms with E-state index in [1.54, 1.807) is 6.82 Å². The standard InChI is InChI=1S/C9H17BN4O2/c1-10(16)12-6-7-2-4-8(5-3-7)9(15)13-14-11/h7-8,12,16H,2-6H2,1H3. The molecule has 0 aromatic carbocycles. The number of azide groups is 1. The molecule has 16 heavy (non-hydrogen) atoms. The van der Waals surface area contributed by atoms with Crippen molar-refractivity contribution < 1.29 is 9.82 Å². The van der Waals surface area contributed by atoms with Crippen LogP contribution in [0, 0.1) is 11.8 Å². The highest BCUT2D eigenvalue weighted by atomic mass is 16.2. The van der Waals surface area contributed by atoms with Gasteiger partial charge in [-0.15, -0.1) is 0 Å². The largest absolute Gasteiger partial charge is 0.437 e. The van der Waals surface area contributed by atoms with Crippen molar-refractivity contribution >= 4 is 13.0 Å². The first-order valence-electron chi connectivity index (χ1n) is 5.64. The van der Waals surface area contributed by atoms with Crippen LogP contribution in [0.25, 0.3) is 10.4 Å². The second-order valence-corrected chi connectivity index (χ2v) is 4.33. The van der Waals surface area contributed by atoms with Gasteiger partial charge in [-0.2, -0.15) is 0 Å². The minimum Gasteiger partial charge on any atom is -0.437 e. The zero-order valence-electron chi connectivity index (χ0n) is 9.46. The molecule has 0 bridgehead atoms. The fourth-order valence-electron chi connectivity index (χ4n) is 2.08. The first-order valence-corrected chi connectivity index (χ1v) is 5.64. The number of amides is 1. The van der Waals surface area contributed by atoms with E-state index in [-0.39, 0.29) is 11.8 Å². The fraction of sp³-hybridized carbons (Fsp3) is 0.889. The Hall–Kier alpha value is -1.04. The van der Waals surface area contributed by atoms with Gasteiger partial charge in [0.2, 0.25) is 5.91 Å². The van der Waals surface area contributed by atoms with E-state index in [0.717, 1.165) is 32.2 Å². The lowest BCUT2D eigenvalue weighted by Crippen LogP contribution is -2.36. The highest BCUT2D eigenvalue weighted by molar-refractivity contribution is 6.45. The monoisotopic (exact) mass is 224 g/mol. The third-order valence-electron chi connectivity index (χ3n) is 3.04. The molecule has 1 amide bonds. The summed E-state index contributed by atoms with van der Waals surface area (Å²) in [5.41, 5.74) is 8.16. The van der Waals surface area contributed by atoms with Gasteiger partial charge >= 0.3 is 7.05 Å². The molecule has 0 unspecified atom stereocenters. The van der Waals surface area contributed by atoms with Gasteiger partial charge in [0.25, 0.3) is 0 Å². The summed E-state index contributed by atoms with van der Waals surface area (Å²) in [4.78, 5) is 13.8. The van der Waals surface area contributed by atoms with Crippen LogP contribution in [0.3, 0.4) is 0 Å². The van der Waals surface area contributed by atoms with Crippen LogP contribution in [0.5, 0.6) is 0 Å². The molecule has 0 saturated heterocycles. The molecule has 0 aliphatic heterocycles. The smallest absolute Gasteiger partial charge is 0.373 e. The number of hydrogen-bond acceptors (Lipinski definition) is 3. The lowest BCUT2D eigenvalue weighted by Gasteiger charge is -2.27. The summed E-state index contributed by atoms with van der Waals surface area (Å²) in [7, 11) is -0.484. The first kappa shape index (κ1) is 13.0. The maximum absolute atomic E-state index is 11.3. The van der Waals surface area contributed by atoms with Crippen molar-refractivity contribution in [1.29, 1.82) is 0 Å². The van der Waals surface area contributed by atoms with Crippen molar-refractivity contribution in [2.75, 3.05) is 6.54 Å². The normalized spacial score (nSPS) is 24.6. The third-order valence-corrected chi connectivity index (χ3v) is 3.04. The van der Waals surface area contributed by atoms with E-state index in [1.807, 2.05) is 0 Å². The van der Waals surface area contributed by atoms with Gasteiger partial charge in [0, 0.05) is 10.8 Å². The molecule has 6 nitrogen and oxygen atoms in total. The third kappa shape index (κ3) is 4.22. The highest BCUT2D eigenvalue weighted by Gasteiger charge is 2.25. The molecule has 1 fully saturated rings. The minimum atomic E-state index is -0.484. The van der Waals surface area contributed by atoms with Gasteiger partial charge in [0.1, 0.15) is 0 Å². The number of carbonyl (C=O) groups is 1. The van der Waals surface area contributed by atoms with Crippen molar-refractivity contribution in [3.63, 3.8) is 0 Å². The molecule has 7 heteroatoms. The average molecular weight is 224 g/mol. The van der Waals surface area contributed by atoms with E-state index in [2.05, 4.69) is 15.3 Å². The molecule has 0 aromatic rings. The number of nitrogens with one attached hydrogen (secondary N) is 1. The van der Waals surface area contributed by atoms with Gasteiger partial charge in [0.05, 0.1) is 0 Å². The van der Waals surface area contributed by atoms with Gasteiger partial charge in [0.15, 0.2) is 0 Å². The van der Waals surface area contributed by atoms with Crippen LogP contribution in [-0.4, -0.2) is 24.5 Å². The Kier molecular flexibility index (Phi) is 5.32. The summed E-state index contributed by atoms with van der Waals surface area (Å²) in [5.74, 6) is 0.0767. The SMILES string of the molecule is CB(O)NCC1CCC(C(=O)N=[N+]=[N-])CC1. The van der Waals surface area contributed by atoms with Crippen molar-refractivity contribution in [1.82, 2.24) is 5.23 Å². The quantitative estimate of drug-likeness (QED) is 0.326. The maximum Gasteiger partial charge on any atom is 0.373 e. The molecule has 1 aliphatic carbocycles. The summed E-state index contributed by atoms with van der Waals surface area (Å²) >= 11 is 0. The van der Waals surface area contributed by atoms with E-state index in [9.17, 15) is 4.79 Å². The Balaban J connectivity index is 2.28. The molecular formula is C9H17BN4O2. The van der Waals surface area contributed by atoms with Crippen LogP contribution in [0.2, 0.25) is 6.82 Å². The predicted octanol–water partition coefficient (Wildman–Crippen LogP) is 1.33. The molecule has 2 N–H and O–H groups in total. The molecule has 0 radical (unpaired) electrons. The molecule has 0 spiro atoms. The molecular weight excluding hydrogens is 207 g/mol. The van der Waals surface area contributed by atoms with E-state index in [4.69, 9.17) is 10.6 Å². The first-order chi connectivity index (χ1) is 7.63. The lowest BCUT2D eigenvalue weighted by atomic mass is 9.80. The highest BCUT2D eigenvalue weighted by Crippen LogP contribution is 2.29. The van der Waals surface area contributed by atoms with Crippen LogP contribution in [-0.2, 0) is 4.79 Å². The predicted molar refractivity (Wildman–Crippen MR) is 61.4 cm³/mol. The molecule has 88 valence electrons. The van der Waals surface area contributed by atoms with Crippen molar-refractivity contribution in [2.45, 2.75) is 32.5 Å². The molecule has 0 atom stereocenters. The average Bonchev–Trinajstić information content (AvgIpc) is 2.27. The van der Waals surface area contributed by atoms with Gasteiger partial charge in [-0.25, -0.2) is 0 Å². The van der Waals surface area contributed by atoms with Crippen LogP contribution >= 0.6 is 0 Å². The van der Waals surface area contributed by atoms with Gasteiger partial charge in [-0.1, -0.05) is 0 Å². The Morgan fingerprint density at radius 3 is 2.69 bits per heavy atom. The van der Waals surface area contributed by atoms with Crippen LogP contribution in [0.4, 0.5) is 0 Å². The lowest BCUT2D eigenvalue weighted by molar-refractivity contribution is -0.122. The van der Waals surface area contributed by atoms with Crippen molar-refractivity contribution in [2.24, 2.45) is 17.0 Å². The summed E-state index contributed by atoms with van der Waals surface area (Å²) in [6.07, 6.45) is 3.45. The number of nitrogens with zero attached hydrogens (tertiary/aromatic N) is 3. The van der Waals surface area contributed by atoms with Crippen LogP contribution in [0.15, 0.2) is 5.11 Å². The minimum absolute atomic E-state index is 0.0984. The molecule has 1 saturated carbocycles. The Morgan fingerprint density at radius 2 is 2.19 bits per heavy atom. The number of carbonyl (C=O) groups excluding carboxylic acids is 1. The van der Waals surface area contributed by atoms with Crippen LogP contribution < -0.4 is 5.23 Å². The van der Waals surface area contributed by atoms with Crippen LogP contribution in [0.1, 0.15) is 25.7 Å². The zero-order valence-corrected chi connectivity index (χ0v) is 9.46. The Labute approximate surface area is 95.2 Å². The van der Waals surface area contributed by atoms with E-state index in [1.165, 1.54) is 0 Å².